The Kier molecular flexibility index (Phi) is 4.30. The summed E-state index contributed by atoms with van der Waals surface area (Å²) >= 11 is 5.85. The number of amides is 1. The molecule has 1 aromatic rings. The van der Waals surface area contributed by atoms with E-state index in [0.29, 0.717) is 11.1 Å². The second kappa shape index (κ2) is 5.30. The lowest BCUT2D eigenvalue weighted by Crippen LogP contribution is -2.24. The lowest BCUT2D eigenvalue weighted by atomic mass is 10.0. The van der Waals surface area contributed by atoms with Gasteiger partial charge in [-0.3, -0.25) is 4.79 Å². The van der Waals surface area contributed by atoms with Gasteiger partial charge in [-0.25, -0.2) is 4.98 Å². The van der Waals surface area contributed by atoms with Crippen molar-refractivity contribution in [3.8, 4) is 0 Å². The average Bonchev–Trinajstić information content (AvgIpc) is 2.18. The van der Waals surface area contributed by atoms with Gasteiger partial charge in [0.05, 0.1) is 5.69 Å². The standard InChI is InChI=1S/C12H17ClN2O/c1-8(2)5-10-7-14-12(13)6-11(10)15(4)9(3)16/h6-8H,5H2,1-4H3. The van der Waals surface area contributed by atoms with E-state index in [1.165, 1.54) is 6.92 Å². The Morgan fingerprint density at radius 1 is 1.56 bits per heavy atom. The number of carbonyl (C=O) groups is 1. The highest BCUT2D eigenvalue weighted by atomic mass is 35.5. The molecule has 1 rings (SSSR count). The Balaban J connectivity index is 3.12. The first kappa shape index (κ1) is 13.0. The average molecular weight is 241 g/mol. The molecule has 0 unspecified atom stereocenters. The summed E-state index contributed by atoms with van der Waals surface area (Å²) in [6.45, 7) is 5.80. The molecular weight excluding hydrogens is 224 g/mol. The molecule has 1 heterocycles. The molecule has 0 spiro atoms. The van der Waals surface area contributed by atoms with Gasteiger partial charge in [0, 0.05) is 20.2 Å². The van der Waals surface area contributed by atoms with Crippen molar-refractivity contribution in [3.05, 3.63) is 23.0 Å². The number of anilines is 1. The number of hydrogen-bond acceptors (Lipinski definition) is 2. The van der Waals surface area contributed by atoms with Gasteiger partial charge in [0.15, 0.2) is 0 Å². The summed E-state index contributed by atoms with van der Waals surface area (Å²) in [6.07, 6.45) is 2.63. The van der Waals surface area contributed by atoms with E-state index in [0.717, 1.165) is 17.7 Å². The molecule has 16 heavy (non-hydrogen) atoms. The summed E-state index contributed by atoms with van der Waals surface area (Å²) in [6, 6.07) is 1.74. The van der Waals surface area contributed by atoms with Crippen LogP contribution in [0.4, 0.5) is 5.69 Å². The molecule has 1 amide bonds. The van der Waals surface area contributed by atoms with Crippen molar-refractivity contribution in [3.63, 3.8) is 0 Å². The molecule has 0 aliphatic rings. The number of halogens is 1. The largest absolute Gasteiger partial charge is 0.315 e. The molecule has 3 nitrogen and oxygen atoms in total. The quantitative estimate of drug-likeness (QED) is 0.762. The van der Waals surface area contributed by atoms with Gasteiger partial charge in [0.25, 0.3) is 0 Å². The van der Waals surface area contributed by atoms with Crippen LogP contribution in [0.5, 0.6) is 0 Å². The van der Waals surface area contributed by atoms with Gasteiger partial charge in [-0.1, -0.05) is 25.4 Å². The molecular formula is C12H17ClN2O. The zero-order valence-corrected chi connectivity index (χ0v) is 10.9. The van der Waals surface area contributed by atoms with Crippen molar-refractivity contribution >= 4 is 23.2 Å². The van der Waals surface area contributed by atoms with Crippen LogP contribution in [0.15, 0.2) is 12.3 Å². The predicted molar refractivity (Wildman–Crippen MR) is 66.9 cm³/mol. The molecule has 4 heteroatoms. The van der Waals surface area contributed by atoms with E-state index in [-0.39, 0.29) is 5.91 Å². The van der Waals surface area contributed by atoms with Gasteiger partial charge in [-0.15, -0.1) is 0 Å². The van der Waals surface area contributed by atoms with Gasteiger partial charge in [0.2, 0.25) is 5.91 Å². The number of pyridine rings is 1. The second-order valence-corrected chi connectivity index (χ2v) is 4.70. The SMILES string of the molecule is CC(=O)N(C)c1cc(Cl)ncc1CC(C)C. The van der Waals surface area contributed by atoms with Crippen LogP contribution in [0.25, 0.3) is 0 Å². The van der Waals surface area contributed by atoms with Crippen LogP contribution < -0.4 is 4.90 Å². The summed E-state index contributed by atoms with van der Waals surface area (Å²) in [4.78, 5) is 17.0. The van der Waals surface area contributed by atoms with E-state index in [1.54, 1.807) is 24.2 Å². The van der Waals surface area contributed by atoms with Crippen LogP contribution in [0, 0.1) is 5.92 Å². The number of hydrogen-bond donors (Lipinski definition) is 0. The molecule has 0 aromatic carbocycles. The van der Waals surface area contributed by atoms with E-state index in [1.807, 2.05) is 0 Å². The normalized spacial score (nSPS) is 10.6. The summed E-state index contributed by atoms with van der Waals surface area (Å²) in [7, 11) is 1.75. The highest BCUT2D eigenvalue weighted by Crippen LogP contribution is 2.24. The summed E-state index contributed by atoms with van der Waals surface area (Å²) in [5, 5.41) is 0.413. The van der Waals surface area contributed by atoms with E-state index in [4.69, 9.17) is 11.6 Å². The minimum atomic E-state index is -0.00715. The second-order valence-electron chi connectivity index (χ2n) is 4.31. The van der Waals surface area contributed by atoms with Gasteiger partial charge < -0.3 is 4.90 Å². The summed E-state index contributed by atoms with van der Waals surface area (Å²) in [5.74, 6) is 0.509. The Hall–Kier alpha value is -1.09. The number of rotatable bonds is 3. The minimum absolute atomic E-state index is 0.00715. The smallest absolute Gasteiger partial charge is 0.223 e. The summed E-state index contributed by atoms with van der Waals surface area (Å²) in [5.41, 5.74) is 1.90. The van der Waals surface area contributed by atoms with E-state index in [2.05, 4.69) is 18.8 Å². The first-order chi connectivity index (χ1) is 7.41. The van der Waals surface area contributed by atoms with Gasteiger partial charge in [0.1, 0.15) is 5.15 Å². The maximum absolute atomic E-state index is 11.4. The van der Waals surface area contributed by atoms with Crippen LogP contribution in [0.1, 0.15) is 26.3 Å². The topological polar surface area (TPSA) is 33.2 Å². The fraction of sp³-hybridized carbons (Fsp3) is 0.500. The molecule has 0 aliphatic heterocycles. The Labute approximate surface area is 101 Å². The zero-order valence-electron chi connectivity index (χ0n) is 10.1. The fourth-order valence-electron chi connectivity index (χ4n) is 1.53. The lowest BCUT2D eigenvalue weighted by molar-refractivity contribution is -0.116. The first-order valence-corrected chi connectivity index (χ1v) is 5.68. The molecule has 0 bridgehead atoms. The zero-order chi connectivity index (χ0) is 12.3. The van der Waals surface area contributed by atoms with Crippen molar-refractivity contribution in [1.29, 1.82) is 0 Å². The van der Waals surface area contributed by atoms with Crippen molar-refractivity contribution in [2.75, 3.05) is 11.9 Å². The van der Waals surface area contributed by atoms with E-state index >= 15 is 0 Å². The molecule has 0 saturated heterocycles. The van der Waals surface area contributed by atoms with Crippen LogP contribution in [0.3, 0.4) is 0 Å². The lowest BCUT2D eigenvalue weighted by Gasteiger charge is -2.20. The Morgan fingerprint density at radius 2 is 2.19 bits per heavy atom. The number of carbonyl (C=O) groups excluding carboxylic acids is 1. The third kappa shape index (κ3) is 3.20. The van der Waals surface area contributed by atoms with Crippen molar-refractivity contribution < 1.29 is 4.79 Å². The van der Waals surface area contributed by atoms with Crippen LogP contribution in [-0.4, -0.2) is 17.9 Å². The van der Waals surface area contributed by atoms with E-state index in [9.17, 15) is 4.79 Å². The van der Waals surface area contributed by atoms with Crippen LogP contribution in [0.2, 0.25) is 5.15 Å². The van der Waals surface area contributed by atoms with E-state index < -0.39 is 0 Å². The van der Waals surface area contributed by atoms with Gasteiger partial charge >= 0.3 is 0 Å². The first-order valence-electron chi connectivity index (χ1n) is 5.30. The predicted octanol–water partition coefficient (Wildman–Crippen LogP) is 2.92. The van der Waals surface area contributed by atoms with Crippen molar-refractivity contribution in [1.82, 2.24) is 4.98 Å². The monoisotopic (exact) mass is 240 g/mol. The Morgan fingerprint density at radius 3 is 2.69 bits per heavy atom. The number of aromatic nitrogens is 1. The molecule has 1 aromatic heterocycles. The molecule has 0 fully saturated rings. The molecule has 0 saturated carbocycles. The fourth-order valence-corrected chi connectivity index (χ4v) is 1.68. The maximum Gasteiger partial charge on any atom is 0.223 e. The Bertz CT molecular complexity index is 391. The molecule has 0 radical (unpaired) electrons. The maximum atomic E-state index is 11.4. The molecule has 88 valence electrons. The summed E-state index contributed by atoms with van der Waals surface area (Å²) < 4.78 is 0. The minimum Gasteiger partial charge on any atom is -0.315 e. The highest BCUT2D eigenvalue weighted by Gasteiger charge is 2.13. The van der Waals surface area contributed by atoms with Crippen molar-refractivity contribution in [2.24, 2.45) is 5.92 Å². The molecule has 0 atom stereocenters. The van der Waals surface area contributed by atoms with Crippen molar-refractivity contribution in [2.45, 2.75) is 27.2 Å². The highest BCUT2D eigenvalue weighted by molar-refractivity contribution is 6.29. The van der Waals surface area contributed by atoms with Gasteiger partial charge in [-0.05, 0) is 24.0 Å². The molecule has 0 N–H and O–H groups in total. The third-order valence-electron chi connectivity index (χ3n) is 2.39. The third-order valence-corrected chi connectivity index (χ3v) is 2.60. The van der Waals surface area contributed by atoms with Gasteiger partial charge in [-0.2, -0.15) is 0 Å². The van der Waals surface area contributed by atoms with Crippen LogP contribution in [-0.2, 0) is 11.2 Å². The van der Waals surface area contributed by atoms with Crippen LogP contribution >= 0.6 is 11.6 Å². The number of nitrogens with zero attached hydrogens (tertiary/aromatic N) is 2. The molecule has 0 aliphatic carbocycles.